The van der Waals surface area contributed by atoms with Gasteiger partial charge >= 0.3 is 11.7 Å². The van der Waals surface area contributed by atoms with E-state index in [9.17, 15) is 33.1 Å². The van der Waals surface area contributed by atoms with Crippen molar-refractivity contribution in [1.82, 2.24) is 23.8 Å². The van der Waals surface area contributed by atoms with Crippen LogP contribution in [0, 0.1) is 18.6 Å². The number of halogens is 2. The third-order valence-electron chi connectivity index (χ3n) is 6.60. The van der Waals surface area contributed by atoms with E-state index in [-0.39, 0.29) is 23.7 Å². The van der Waals surface area contributed by atoms with E-state index in [2.05, 4.69) is 15.6 Å². The topological polar surface area (TPSA) is 140 Å². The van der Waals surface area contributed by atoms with Gasteiger partial charge in [0.15, 0.2) is 0 Å². The number of rotatable bonds is 8. The normalized spacial score (nSPS) is 12.1. The molecular formula is C27H28F2N6O5. The molecular weight excluding hydrogens is 526 g/mol. The summed E-state index contributed by atoms with van der Waals surface area (Å²) in [5.41, 5.74) is 0.0213. The van der Waals surface area contributed by atoms with Crippen molar-refractivity contribution in [2.45, 2.75) is 39.3 Å². The number of hydrogen-bond donors (Lipinski definition) is 3. The van der Waals surface area contributed by atoms with Crippen LogP contribution in [-0.4, -0.2) is 47.6 Å². The van der Waals surface area contributed by atoms with Gasteiger partial charge in [0.25, 0.3) is 11.5 Å². The Labute approximate surface area is 226 Å². The van der Waals surface area contributed by atoms with Crippen LogP contribution in [0.1, 0.15) is 35.6 Å². The van der Waals surface area contributed by atoms with E-state index in [1.807, 2.05) is 0 Å². The number of nitrogens with one attached hydrogen (secondary N) is 2. The van der Waals surface area contributed by atoms with Gasteiger partial charge in [-0.15, -0.1) is 0 Å². The lowest BCUT2D eigenvalue weighted by Gasteiger charge is -2.18. The molecule has 3 aromatic heterocycles. The molecule has 0 bridgehead atoms. The summed E-state index contributed by atoms with van der Waals surface area (Å²) in [6, 6.07) is 3.40. The molecule has 3 N–H and O–H groups in total. The third-order valence-corrected chi connectivity index (χ3v) is 6.60. The highest BCUT2D eigenvalue weighted by molar-refractivity contribution is 5.97. The van der Waals surface area contributed by atoms with E-state index in [0.29, 0.717) is 22.6 Å². The highest BCUT2D eigenvalue weighted by atomic mass is 19.1. The van der Waals surface area contributed by atoms with Crippen molar-refractivity contribution in [3.8, 4) is 11.1 Å². The largest absolute Gasteiger partial charge is 0.480 e. The van der Waals surface area contributed by atoms with Crippen molar-refractivity contribution in [3.05, 3.63) is 86.1 Å². The monoisotopic (exact) mass is 554 g/mol. The standard InChI is InChI=1S/C27H28F2N6O5/c1-13(2)31-15-10-18(28)22(19(29)11-15)24(36)32-20(26(38)39)12-16-6-7-17(23-30-8-9-35(16)23)21-14(3)33(4)27(40)34(5)25(21)37/h6-11,13,20,31H,12H2,1-5H3,(H,32,36)(H,38,39)/t20-/m0/s1. The molecule has 0 saturated heterocycles. The lowest BCUT2D eigenvalue weighted by molar-refractivity contribution is -0.139. The van der Waals surface area contributed by atoms with Gasteiger partial charge in [0.1, 0.15) is 28.9 Å². The van der Waals surface area contributed by atoms with Gasteiger partial charge in [-0.2, -0.15) is 0 Å². The second kappa shape index (κ2) is 10.8. The maximum Gasteiger partial charge on any atom is 0.330 e. The molecule has 1 amide bonds. The smallest absolute Gasteiger partial charge is 0.330 e. The van der Waals surface area contributed by atoms with Gasteiger partial charge in [0.05, 0.1) is 5.56 Å². The van der Waals surface area contributed by atoms with Crippen LogP contribution < -0.4 is 21.9 Å². The number of nitrogens with zero attached hydrogens (tertiary/aromatic N) is 4. The summed E-state index contributed by atoms with van der Waals surface area (Å²) in [7, 11) is 2.91. The van der Waals surface area contributed by atoms with Crippen LogP contribution in [0.3, 0.4) is 0 Å². The zero-order chi connectivity index (χ0) is 29.5. The van der Waals surface area contributed by atoms with Crippen LogP contribution in [0.5, 0.6) is 0 Å². The van der Waals surface area contributed by atoms with Gasteiger partial charge in [-0.1, -0.05) is 0 Å². The molecule has 0 aliphatic carbocycles. The first-order valence-electron chi connectivity index (χ1n) is 12.3. The lowest BCUT2D eigenvalue weighted by Crippen LogP contribution is -2.43. The quantitative estimate of drug-likeness (QED) is 0.304. The number of pyridine rings is 1. The first kappa shape index (κ1) is 28.2. The zero-order valence-electron chi connectivity index (χ0n) is 22.5. The molecule has 210 valence electrons. The number of aliphatic carboxylic acids is 1. The van der Waals surface area contributed by atoms with Crippen LogP contribution in [0.4, 0.5) is 14.5 Å². The summed E-state index contributed by atoms with van der Waals surface area (Å²) in [6.45, 7) is 5.19. The molecule has 0 fully saturated rings. The summed E-state index contributed by atoms with van der Waals surface area (Å²) in [5, 5.41) is 14.9. The van der Waals surface area contributed by atoms with Crippen LogP contribution in [-0.2, 0) is 25.3 Å². The van der Waals surface area contributed by atoms with Gasteiger partial charge in [-0.3, -0.25) is 14.2 Å². The molecule has 4 rings (SSSR count). The van der Waals surface area contributed by atoms with E-state index >= 15 is 0 Å². The second-order valence-corrected chi connectivity index (χ2v) is 9.71. The van der Waals surface area contributed by atoms with Crippen molar-refractivity contribution < 1.29 is 23.5 Å². The summed E-state index contributed by atoms with van der Waals surface area (Å²) in [5.74, 6) is -4.92. The number of carboxylic acids is 1. The van der Waals surface area contributed by atoms with Crippen LogP contribution in [0.25, 0.3) is 16.8 Å². The molecule has 40 heavy (non-hydrogen) atoms. The number of anilines is 1. The number of imidazole rings is 1. The van der Waals surface area contributed by atoms with Crippen molar-refractivity contribution in [2.75, 3.05) is 5.32 Å². The van der Waals surface area contributed by atoms with E-state index in [4.69, 9.17) is 0 Å². The molecule has 0 aliphatic rings. The Morgan fingerprint density at radius 1 is 1.07 bits per heavy atom. The van der Waals surface area contributed by atoms with Crippen LogP contribution in [0.15, 0.2) is 46.2 Å². The van der Waals surface area contributed by atoms with Gasteiger partial charge in [-0.05, 0) is 45.0 Å². The second-order valence-electron chi connectivity index (χ2n) is 9.71. The molecule has 1 aromatic carbocycles. The Morgan fingerprint density at radius 2 is 1.73 bits per heavy atom. The van der Waals surface area contributed by atoms with E-state index in [1.165, 1.54) is 24.9 Å². The minimum Gasteiger partial charge on any atom is -0.480 e. The highest BCUT2D eigenvalue weighted by Crippen LogP contribution is 2.25. The van der Waals surface area contributed by atoms with Crippen molar-refractivity contribution in [1.29, 1.82) is 0 Å². The Hall–Kier alpha value is -4.81. The number of aromatic nitrogens is 4. The number of amides is 1. The molecule has 0 aliphatic heterocycles. The number of carbonyl (C=O) groups excluding carboxylic acids is 1. The number of hydrogen-bond acceptors (Lipinski definition) is 6. The Morgan fingerprint density at radius 3 is 2.33 bits per heavy atom. The average molecular weight is 555 g/mol. The first-order valence-corrected chi connectivity index (χ1v) is 12.3. The molecule has 0 spiro atoms. The zero-order valence-corrected chi connectivity index (χ0v) is 22.5. The van der Waals surface area contributed by atoms with Gasteiger partial charge in [0, 0.05) is 61.6 Å². The number of carboxylic acid groups (broad SMARTS) is 1. The van der Waals surface area contributed by atoms with Crippen LogP contribution in [0.2, 0.25) is 0 Å². The summed E-state index contributed by atoms with van der Waals surface area (Å²) < 4.78 is 33.2. The predicted molar refractivity (Wildman–Crippen MR) is 144 cm³/mol. The molecule has 4 aromatic rings. The number of fused-ring (bicyclic) bond motifs is 1. The average Bonchev–Trinajstić information content (AvgIpc) is 3.37. The van der Waals surface area contributed by atoms with Crippen molar-refractivity contribution in [2.24, 2.45) is 14.1 Å². The SMILES string of the molecule is Cc1c(-c2ccc(C[C@H](NC(=O)c3c(F)cc(NC(C)C)cc3F)C(=O)O)n3ccnc23)c(=O)n(C)c(=O)n1C. The Kier molecular flexibility index (Phi) is 7.58. The molecule has 0 unspecified atom stereocenters. The number of benzene rings is 1. The van der Waals surface area contributed by atoms with Gasteiger partial charge in [0.2, 0.25) is 0 Å². The van der Waals surface area contributed by atoms with Gasteiger partial charge in [-0.25, -0.2) is 23.4 Å². The van der Waals surface area contributed by atoms with E-state index < -0.39 is 46.4 Å². The fourth-order valence-electron chi connectivity index (χ4n) is 4.53. The van der Waals surface area contributed by atoms with Gasteiger partial charge < -0.3 is 24.7 Å². The van der Waals surface area contributed by atoms with E-state index in [0.717, 1.165) is 16.7 Å². The van der Waals surface area contributed by atoms with E-state index in [1.54, 1.807) is 43.5 Å². The fraction of sp³-hybridized carbons (Fsp3) is 0.296. The van der Waals surface area contributed by atoms with Crippen molar-refractivity contribution in [3.63, 3.8) is 0 Å². The molecule has 13 heteroatoms. The summed E-state index contributed by atoms with van der Waals surface area (Å²) in [4.78, 5) is 54.5. The maximum atomic E-state index is 14.7. The predicted octanol–water partition coefficient (Wildman–Crippen LogP) is 2.23. The minimum absolute atomic E-state index is 0.109. The van der Waals surface area contributed by atoms with Crippen LogP contribution >= 0.6 is 0 Å². The molecule has 0 radical (unpaired) electrons. The Bertz CT molecular complexity index is 1750. The summed E-state index contributed by atoms with van der Waals surface area (Å²) >= 11 is 0. The Balaban J connectivity index is 1.69. The third kappa shape index (κ3) is 5.09. The summed E-state index contributed by atoms with van der Waals surface area (Å²) in [6.07, 6.45) is 2.74. The van der Waals surface area contributed by atoms with Crippen molar-refractivity contribution >= 4 is 23.2 Å². The fourth-order valence-corrected chi connectivity index (χ4v) is 4.53. The first-order chi connectivity index (χ1) is 18.8. The molecule has 0 saturated carbocycles. The highest BCUT2D eigenvalue weighted by Gasteiger charge is 2.27. The molecule has 11 nitrogen and oxygen atoms in total. The number of carbonyl (C=O) groups is 2. The molecule has 3 heterocycles. The molecule has 1 atom stereocenters. The minimum atomic E-state index is -1.55. The lowest BCUT2D eigenvalue weighted by atomic mass is 10.0. The maximum absolute atomic E-state index is 14.7.